The summed E-state index contributed by atoms with van der Waals surface area (Å²) in [4.78, 5) is 0. The Balaban J connectivity index is 2.69. The van der Waals surface area contributed by atoms with Gasteiger partial charge in [-0.25, -0.2) is 9.07 Å². The van der Waals surface area contributed by atoms with Gasteiger partial charge in [-0.1, -0.05) is 0 Å². The summed E-state index contributed by atoms with van der Waals surface area (Å²) in [6.45, 7) is 7.50. The maximum atomic E-state index is 13.7. The van der Waals surface area contributed by atoms with Gasteiger partial charge in [0.05, 0.1) is 11.4 Å². The maximum Gasteiger partial charge on any atom is 0.126 e. The summed E-state index contributed by atoms with van der Waals surface area (Å²) in [5.41, 5.74) is 10.1. The number of aryl methyl sites for hydroxylation is 3. The highest BCUT2D eigenvalue weighted by atomic mass is 19.1. The van der Waals surface area contributed by atoms with Gasteiger partial charge >= 0.3 is 0 Å². The van der Waals surface area contributed by atoms with E-state index in [9.17, 15) is 4.39 Å². The minimum Gasteiger partial charge on any atom is -0.324 e. The van der Waals surface area contributed by atoms with Crippen molar-refractivity contribution < 1.29 is 4.39 Å². The van der Waals surface area contributed by atoms with Gasteiger partial charge in [0.25, 0.3) is 0 Å². The number of nitrogens with two attached hydrogens (primary N) is 1. The summed E-state index contributed by atoms with van der Waals surface area (Å²) >= 11 is 0. The molecular weight excluding hydrogens is 229 g/mol. The number of nitrogens with zero attached hydrogens (tertiary/aromatic N) is 2. The first kappa shape index (κ1) is 12.8. The molecule has 4 heteroatoms. The standard InChI is InChI=1S/C14H18FN3/c1-8-5-14(12(11(4)16)7-13(8)15)18-10(3)6-9(2)17-18/h5-7,11H,16H2,1-4H3. The highest BCUT2D eigenvalue weighted by molar-refractivity contribution is 5.46. The second-order valence-corrected chi connectivity index (χ2v) is 4.79. The summed E-state index contributed by atoms with van der Waals surface area (Å²) in [6.07, 6.45) is 0. The van der Waals surface area contributed by atoms with E-state index >= 15 is 0 Å². The Morgan fingerprint density at radius 3 is 2.39 bits per heavy atom. The molecule has 0 saturated heterocycles. The molecule has 0 aliphatic rings. The molecule has 0 aliphatic carbocycles. The van der Waals surface area contributed by atoms with Crippen LogP contribution < -0.4 is 5.73 Å². The molecule has 0 saturated carbocycles. The van der Waals surface area contributed by atoms with E-state index in [0.29, 0.717) is 5.56 Å². The maximum absolute atomic E-state index is 13.7. The van der Waals surface area contributed by atoms with Crippen LogP contribution in [-0.4, -0.2) is 9.78 Å². The molecule has 96 valence electrons. The molecule has 0 aliphatic heterocycles. The van der Waals surface area contributed by atoms with Crippen LogP contribution in [0.3, 0.4) is 0 Å². The number of hydrogen-bond acceptors (Lipinski definition) is 2. The summed E-state index contributed by atoms with van der Waals surface area (Å²) in [5, 5.41) is 4.43. The molecule has 1 heterocycles. The molecule has 0 fully saturated rings. The summed E-state index contributed by atoms with van der Waals surface area (Å²) in [5.74, 6) is -0.229. The van der Waals surface area contributed by atoms with E-state index in [0.717, 1.165) is 22.6 Å². The monoisotopic (exact) mass is 247 g/mol. The fourth-order valence-corrected chi connectivity index (χ4v) is 2.10. The zero-order valence-corrected chi connectivity index (χ0v) is 11.2. The number of aromatic nitrogens is 2. The van der Waals surface area contributed by atoms with E-state index in [1.807, 2.05) is 31.5 Å². The second kappa shape index (κ2) is 4.53. The molecule has 1 atom stereocenters. The first-order valence-electron chi connectivity index (χ1n) is 5.99. The van der Waals surface area contributed by atoms with Crippen molar-refractivity contribution in [1.29, 1.82) is 0 Å². The van der Waals surface area contributed by atoms with E-state index in [1.54, 1.807) is 13.0 Å². The minimum atomic E-state index is -0.237. The molecule has 1 aromatic heterocycles. The van der Waals surface area contributed by atoms with Crippen molar-refractivity contribution in [2.24, 2.45) is 5.73 Å². The smallest absolute Gasteiger partial charge is 0.126 e. The van der Waals surface area contributed by atoms with Crippen molar-refractivity contribution in [3.63, 3.8) is 0 Å². The first-order chi connectivity index (χ1) is 8.40. The second-order valence-electron chi connectivity index (χ2n) is 4.79. The molecule has 1 aromatic carbocycles. The number of hydrogen-bond donors (Lipinski definition) is 1. The van der Waals surface area contributed by atoms with Gasteiger partial charge in [-0.2, -0.15) is 5.10 Å². The highest BCUT2D eigenvalue weighted by Crippen LogP contribution is 2.25. The zero-order chi connectivity index (χ0) is 13.4. The zero-order valence-electron chi connectivity index (χ0n) is 11.2. The van der Waals surface area contributed by atoms with E-state index < -0.39 is 0 Å². The van der Waals surface area contributed by atoms with Crippen LogP contribution in [0.15, 0.2) is 18.2 Å². The molecule has 0 bridgehead atoms. The molecule has 1 unspecified atom stereocenters. The Morgan fingerprint density at radius 2 is 1.89 bits per heavy atom. The Bertz CT molecular complexity index is 585. The van der Waals surface area contributed by atoms with Gasteiger partial charge in [0.15, 0.2) is 0 Å². The molecule has 18 heavy (non-hydrogen) atoms. The SMILES string of the molecule is Cc1cc(C)n(-c2cc(C)c(F)cc2C(C)N)n1. The number of benzene rings is 1. The predicted molar refractivity (Wildman–Crippen MR) is 70.3 cm³/mol. The largest absolute Gasteiger partial charge is 0.324 e. The lowest BCUT2D eigenvalue weighted by atomic mass is 10.0. The van der Waals surface area contributed by atoms with Crippen molar-refractivity contribution in [3.8, 4) is 5.69 Å². The van der Waals surface area contributed by atoms with E-state index in [4.69, 9.17) is 5.73 Å². The van der Waals surface area contributed by atoms with Crippen LogP contribution in [-0.2, 0) is 0 Å². The topological polar surface area (TPSA) is 43.8 Å². The van der Waals surface area contributed by atoms with Crippen LogP contribution in [0, 0.1) is 26.6 Å². The highest BCUT2D eigenvalue weighted by Gasteiger charge is 2.14. The Hall–Kier alpha value is -1.68. The summed E-state index contributed by atoms with van der Waals surface area (Å²) < 4.78 is 15.5. The minimum absolute atomic E-state index is 0.229. The van der Waals surface area contributed by atoms with Gasteiger partial charge < -0.3 is 5.73 Å². The van der Waals surface area contributed by atoms with E-state index in [2.05, 4.69) is 5.10 Å². The molecule has 3 nitrogen and oxygen atoms in total. The van der Waals surface area contributed by atoms with Crippen molar-refractivity contribution >= 4 is 0 Å². The third kappa shape index (κ3) is 2.16. The molecule has 0 amide bonds. The molecule has 0 radical (unpaired) electrons. The summed E-state index contributed by atoms with van der Waals surface area (Å²) in [6, 6.07) is 5.06. The van der Waals surface area contributed by atoms with Gasteiger partial charge in [0.1, 0.15) is 5.82 Å². The van der Waals surface area contributed by atoms with Crippen molar-refractivity contribution in [2.75, 3.05) is 0 Å². The third-order valence-corrected chi connectivity index (χ3v) is 3.04. The van der Waals surface area contributed by atoms with E-state index in [1.165, 1.54) is 6.07 Å². The average molecular weight is 247 g/mol. The fraction of sp³-hybridized carbons (Fsp3) is 0.357. The van der Waals surface area contributed by atoms with Crippen LogP contribution in [0.2, 0.25) is 0 Å². The average Bonchev–Trinajstić information content (AvgIpc) is 2.61. The normalized spacial score (nSPS) is 12.8. The number of halogens is 1. The summed E-state index contributed by atoms with van der Waals surface area (Å²) in [7, 11) is 0. The van der Waals surface area contributed by atoms with E-state index in [-0.39, 0.29) is 11.9 Å². The van der Waals surface area contributed by atoms with Crippen LogP contribution in [0.5, 0.6) is 0 Å². The third-order valence-electron chi connectivity index (χ3n) is 3.04. The van der Waals surface area contributed by atoms with Gasteiger partial charge in [0.2, 0.25) is 0 Å². The lowest BCUT2D eigenvalue weighted by Crippen LogP contribution is -2.12. The molecule has 2 aromatic rings. The van der Waals surface area contributed by atoms with Crippen LogP contribution >= 0.6 is 0 Å². The molecule has 2 rings (SSSR count). The fourth-order valence-electron chi connectivity index (χ4n) is 2.10. The van der Waals surface area contributed by atoms with Crippen LogP contribution in [0.4, 0.5) is 4.39 Å². The quantitative estimate of drug-likeness (QED) is 0.886. The Kier molecular flexibility index (Phi) is 3.22. The van der Waals surface area contributed by atoms with Crippen LogP contribution in [0.1, 0.15) is 35.5 Å². The van der Waals surface area contributed by atoms with Gasteiger partial charge in [-0.3, -0.25) is 0 Å². The molecular formula is C14H18FN3. The van der Waals surface area contributed by atoms with Crippen molar-refractivity contribution in [2.45, 2.75) is 33.7 Å². The molecule has 0 spiro atoms. The predicted octanol–water partition coefficient (Wildman–Crippen LogP) is 2.96. The molecule has 2 N–H and O–H groups in total. The van der Waals surface area contributed by atoms with Gasteiger partial charge in [-0.05, 0) is 57.0 Å². The Labute approximate surface area is 106 Å². The Morgan fingerprint density at radius 1 is 1.22 bits per heavy atom. The lowest BCUT2D eigenvalue weighted by molar-refractivity contribution is 0.610. The van der Waals surface area contributed by atoms with Crippen molar-refractivity contribution in [1.82, 2.24) is 9.78 Å². The van der Waals surface area contributed by atoms with Crippen LogP contribution in [0.25, 0.3) is 5.69 Å². The first-order valence-corrected chi connectivity index (χ1v) is 5.99. The van der Waals surface area contributed by atoms with Gasteiger partial charge in [-0.15, -0.1) is 0 Å². The number of rotatable bonds is 2. The van der Waals surface area contributed by atoms with Gasteiger partial charge in [0, 0.05) is 11.7 Å². The lowest BCUT2D eigenvalue weighted by Gasteiger charge is -2.15. The van der Waals surface area contributed by atoms with Crippen molar-refractivity contribution in [3.05, 3.63) is 46.5 Å².